The standard InChI is InChI=1S/C17H20ClNO/c1-4-19-11-14-9-12(2)6-8-16(14)20-17-10-13(3)5-7-15(17)18/h5-10,19H,4,11H2,1-3H3. The zero-order valence-electron chi connectivity index (χ0n) is 12.2. The summed E-state index contributed by atoms with van der Waals surface area (Å²) < 4.78 is 6.00. The van der Waals surface area contributed by atoms with Gasteiger partial charge in [-0.2, -0.15) is 0 Å². The number of ether oxygens (including phenoxy) is 1. The molecule has 0 aliphatic rings. The summed E-state index contributed by atoms with van der Waals surface area (Å²) in [5, 5.41) is 3.96. The lowest BCUT2D eigenvalue weighted by atomic mass is 10.1. The van der Waals surface area contributed by atoms with E-state index in [2.05, 4.69) is 31.3 Å². The van der Waals surface area contributed by atoms with Gasteiger partial charge in [-0.15, -0.1) is 0 Å². The Balaban J connectivity index is 2.30. The first-order valence-electron chi connectivity index (χ1n) is 6.84. The van der Waals surface area contributed by atoms with Crippen LogP contribution in [0, 0.1) is 13.8 Å². The van der Waals surface area contributed by atoms with Gasteiger partial charge in [0.15, 0.2) is 0 Å². The summed E-state index contributed by atoms with van der Waals surface area (Å²) in [6.07, 6.45) is 0. The summed E-state index contributed by atoms with van der Waals surface area (Å²) in [5.41, 5.74) is 3.50. The van der Waals surface area contributed by atoms with E-state index in [1.54, 1.807) is 0 Å². The highest BCUT2D eigenvalue weighted by atomic mass is 35.5. The molecule has 0 atom stereocenters. The van der Waals surface area contributed by atoms with E-state index >= 15 is 0 Å². The van der Waals surface area contributed by atoms with Crippen molar-refractivity contribution in [2.75, 3.05) is 6.54 Å². The van der Waals surface area contributed by atoms with Crippen LogP contribution < -0.4 is 10.1 Å². The van der Waals surface area contributed by atoms with Gasteiger partial charge in [0.1, 0.15) is 11.5 Å². The molecule has 0 heterocycles. The van der Waals surface area contributed by atoms with E-state index in [4.69, 9.17) is 16.3 Å². The van der Waals surface area contributed by atoms with Crippen LogP contribution in [0.4, 0.5) is 0 Å². The lowest BCUT2D eigenvalue weighted by Crippen LogP contribution is -2.12. The van der Waals surface area contributed by atoms with Crippen molar-refractivity contribution in [1.82, 2.24) is 5.32 Å². The van der Waals surface area contributed by atoms with Crippen LogP contribution >= 0.6 is 11.6 Å². The van der Waals surface area contributed by atoms with Crippen LogP contribution in [0.3, 0.4) is 0 Å². The molecule has 2 rings (SSSR count). The first-order valence-corrected chi connectivity index (χ1v) is 7.22. The highest BCUT2D eigenvalue weighted by molar-refractivity contribution is 6.32. The Kier molecular flexibility index (Phi) is 5.05. The molecule has 2 nitrogen and oxygen atoms in total. The van der Waals surface area contributed by atoms with Crippen molar-refractivity contribution >= 4 is 11.6 Å². The molecule has 20 heavy (non-hydrogen) atoms. The second-order valence-electron chi connectivity index (χ2n) is 4.93. The Bertz CT molecular complexity index is 596. The number of nitrogens with one attached hydrogen (secondary N) is 1. The second kappa shape index (κ2) is 6.78. The molecule has 1 N–H and O–H groups in total. The van der Waals surface area contributed by atoms with Gasteiger partial charge in [-0.3, -0.25) is 0 Å². The number of rotatable bonds is 5. The summed E-state index contributed by atoms with van der Waals surface area (Å²) >= 11 is 6.19. The van der Waals surface area contributed by atoms with Crippen molar-refractivity contribution in [2.45, 2.75) is 27.3 Å². The fraction of sp³-hybridized carbons (Fsp3) is 0.294. The van der Waals surface area contributed by atoms with Crippen LogP contribution in [0.2, 0.25) is 5.02 Å². The predicted octanol–water partition coefficient (Wildman–Crippen LogP) is 4.86. The van der Waals surface area contributed by atoms with Crippen molar-refractivity contribution in [1.29, 1.82) is 0 Å². The molecule has 0 aliphatic carbocycles. The highest BCUT2D eigenvalue weighted by Crippen LogP contribution is 2.32. The lowest BCUT2D eigenvalue weighted by Gasteiger charge is -2.14. The van der Waals surface area contributed by atoms with Crippen LogP contribution in [0.5, 0.6) is 11.5 Å². The first kappa shape index (κ1) is 14.9. The number of hydrogen-bond donors (Lipinski definition) is 1. The van der Waals surface area contributed by atoms with Crippen LogP contribution in [-0.2, 0) is 6.54 Å². The molecule has 0 amide bonds. The molecule has 0 radical (unpaired) electrons. The minimum atomic E-state index is 0.630. The molecule has 0 saturated carbocycles. The van der Waals surface area contributed by atoms with Gasteiger partial charge in [0, 0.05) is 12.1 Å². The van der Waals surface area contributed by atoms with Gasteiger partial charge < -0.3 is 10.1 Å². The Morgan fingerprint density at radius 2 is 1.70 bits per heavy atom. The van der Waals surface area contributed by atoms with Gasteiger partial charge in [-0.05, 0) is 44.2 Å². The smallest absolute Gasteiger partial charge is 0.146 e. The van der Waals surface area contributed by atoms with Crippen LogP contribution in [0.15, 0.2) is 36.4 Å². The molecular weight excluding hydrogens is 270 g/mol. The lowest BCUT2D eigenvalue weighted by molar-refractivity contribution is 0.473. The fourth-order valence-electron chi connectivity index (χ4n) is 2.01. The van der Waals surface area contributed by atoms with E-state index in [1.165, 1.54) is 5.56 Å². The van der Waals surface area contributed by atoms with Crippen molar-refractivity contribution < 1.29 is 4.74 Å². The van der Waals surface area contributed by atoms with E-state index in [0.29, 0.717) is 10.8 Å². The predicted molar refractivity (Wildman–Crippen MR) is 84.8 cm³/mol. The normalized spacial score (nSPS) is 10.6. The Morgan fingerprint density at radius 3 is 2.45 bits per heavy atom. The maximum atomic E-state index is 6.19. The molecule has 2 aromatic carbocycles. The van der Waals surface area contributed by atoms with Gasteiger partial charge in [0.25, 0.3) is 0 Å². The minimum Gasteiger partial charge on any atom is -0.455 e. The zero-order chi connectivity index (χ0) is 14.5. The third-order valence-corrected chi connectivity index (χ3v) is 3.40. The van der Waals surface area contributed by atoms with Gasteiger partial charge in [-0.25, -0.2) is 0 Å². The first-order chi connectivity index (χ1) is 9.60. The van der Waals surface area contributed by atoms with Gasteiger partial charge in [0.05, 0.1) is 5.02 Å². The van der Waals surface area contributed by atoms with E-state index in [-0.39, 0.29) is 0 Å². The molecule has 0 spiro atoms. The quantitative estimate of drug-likeness (QED) is 0.849. The molecular formula is C17H20ClNO. The zero-order valence-corrected chi connectivity index (χ0v) is 12.9. The fourth-order valence-corrected chi connectivity index (χ4v) is 2.17. The van der Waals surface area contributed by atoms with Crippen molar-refractivity contribution in [3.63, 3.8) is 0 Å². The van der Waals surface area contributed by atoms with E-state index < -0.39 is 0 Å². The molecule has 0 saturated heterocycles. The minimum absolute atomic E-state index is 0.630. The summed E-state index contributed by atoms with van der Waals surface area (Å²) in [6, 6.07) is 12.0. The highest BCUT2D eigenvalue weighted by Gasteiger charge is 2.08. The molecule has 0 aliphatic heterocycles. The van der Waals surface area contributed by atoms with Crippen molar-refractivity contribution in [3.8, 4) is 11.5 Å². The van der Waals surface area contributed by atoms with E-state index in [1.807, 2.05) is 31.2 Å². The van der Waals surface area contributed by atoms with Crippen LogP contribution in [0.1, 0.15) is 23.6 Å². The van der Waals surface area contributed by atoms with Crippen LogP contribution in [0.25, 0.3) is 0 Å². The average molecular weight is 290 g/mol. The SMILES string of the molecule is CCNCc1cc(C)ccc1Oc1cc(C)ccc1Cl. The molecule has 106 valence electrons. The third kappa shape index (κ3) is 3.75. The molecule has 0 bridgehead atoms. The molecule has 3 heteroatoms. The summed E-state index contributed by atoms with van der Waals surface area (Å²) in [5.74, 6) is 1.55. The third-order valence-electron chi connectivity index (χ3n) is 3.09. The summed E-state index contributed by atoms with van der Waals surface area (Å²) in [7, 11) is 0. The Labute approximate surface area is 125 Å². The molecule has 2 aromatic rings. The average Bonchev–Trinajstić information content (AvgIpc) is 2.43. The maximum absolute atomic E-state index is 6.19. The van der Waals surface area contributed by atoms with E-state index in [9.17, 15) is 0 Å². The Morgan fingerprint density at radius 1 is 1.00 bits per heavy atom. The topological polar surface area (TPSA) is 21.3 Å². The number of benzene rings is 2. The van der Waals surface area contributed by atoms with E-state index in [0.717, 1.165) is 30.0 Å². The van der Waals surface area contributed by atoms with Crippen molar-refractivity contribution in [3.05, 3.63) is 58.1 Å². The second-order valence-corrected chi connectivity index (χ2v) is 5.33. The van der Waals surface area contributed by atoms with Gasteiger partial charge in [-0.1, -0.05) is 42.3 Å². The Hall–Kier alpha value is -1.51. The van der Waals surface area contributed by atoms with Crippen LogP contribution in [-0.4, -0.2) is 6.54 Å². The maximum Gasteiger partial charge on any atom is 0.146 e. The van der Waals surface area contributed by atoms with Gasteiger partial charge in [0.2, 0.25) is 0 Å². The molecule has 0 unspecified atom stereocenters. The van der Waals surface area contributed by atoms with Crippen molar-refractivity contribution in [2.24, 2.45) is 0 Å². The summed E-state index contributed by atoms with van der Waals surface area (Å²) in [4.78, 5) is 0. The van der Waals surface area contributed by atoms with Gasteiger partial charge >= 0.3 is 0 Å². The molecule has 0 fully saturated rings. The molecule has 0 aromatic heterocycles. The largest absolute Gasteiger partial charge is 0.455 e. The monoisotopic (exact) mass is 289 g/mol. The number of halogens is 1. The number of aryl methyl sites for hydroxylation is 2. The number of hydrogen-bond acceptors (Lipinski definition) is 2. The summed E-state index contributed by atoms with van der Waals surface area (Å²) in [6.45, 7) is 7.92.